The number of hydrogen-bond donors (Lipinski definition) is 0. The van der Waals surface area contributed by atoms with E-state index in [1.54, 1.807) is 4.90 Å². The number of ether oxygens (including phenoxy) is 2. The predicted molar refractivity (Wildman–Crippen MR) is 110 cm³/mol. The van der Waals surface area contributed by atoms with Crippen LogP contribution < -0.4 is 0 Å². The number of esters is 1. The second kappa shape index (κ2) is 9.46. The van der Waals surface area contributed by atoms with Crippen LogP contribution in [0.3, 0.4) is 0 Å². The highest BCUT2D eigenvalue weighted by molar-refractivity contribution is 5.99. The zero-order chi connectivity index (χ0) is 21.8. The minimum absolute atomic E-state index is 0.181. The van der Waals surface area contributed by atoms with Crippen LogP contribution in [0.2, 0.25) is 0 Å². The van der Waals surface area contributed by atoms with Crippen LogP contribution in [0.25, 0.3) is 0 Å². The second-order valence-corrected chi connectivity index (χ2v) is 8.71. The van der Waals surface area contributed by atoms with Crippen molar-refractivity contribution in [2.45, 2.75) is 73.0 Å². The van der Waals surface area contributed by atoms with Gasteiger partial charge < -0.3 is 18.9 Å². The molecular formula is C22H34N2O5. The zero-order valence-electron chi connectivity index (χ0n) is 18.5. The van der Waals surface area contributed by atoms with E-state index in [0.717, 1.165) is 24.4 Å². The highest BCUT2D eigenvalue weighted by Gasteiger charge is 2.31. The summed E-state index contributed by atoms with van der Waals surface area (Å²) < 4.78 is 12.8. The maximum absolute atomic E-state index is 12.5. The molecule has 0 radical (unpaired) electrons. The first kappa shape index (κ1) is 23.0. The molecule has 1 aromatic rings. The van der Waals surface area contributed by atoms with Crippen molar-refractivity contribution in [2.75, 3.05) is 19.7 Å². The quantitative estimate of drug-likeness (QED) is 0.529. The summed E-state index contributed by atoms with van der Waals surface area (Å²) in [6, 6.07) is 1.86. The van der Waals surface area contributed by atoms with Crippen molar-refractivity contribution in [2.24, 2.45) is 5.92 Å². The fourth-order valence-corrected chi connectivity index (χ4v) is 3.61. The molecule has 0 saturated carbocycles. The van der Waals surface area contributed by atoms with Crippen LogP contribution >= 0.6 is 0 Å². The SMILES string of the molecule is CCCn1c(C)cc(C(=O)COC(=O)C2CCN(C(=O)OC(C)(C)C)CC2)c1C. The lowest BCUT2D eigenvalue weighted by atomic mass is 9.97. The molecule has 1 aliphatic rings. The Morgan fingerprint density at radius 2 is 1.76 bits per heavy atom. The van der Waals surface area contributed by atoms with Gasteiger partial charge in [-0.1, -0.05) is 6.92 Å². The van der Waals surface area contributed by atoms with Gasteiger partial charge in [-0.3, -0.25) is 9.59 Å². The molecule has 1 saturated heterocycles. The van der Waals surface area contributed by atoms with Crippen LogP contribution in [0, 0.1) is 19.8 Å². The molecule has 162 valence electrons. The average Bonchev–Trinajstić information content (AvgIpc) is 2.93. The van der Waals surface area contributed by atoms with Crippen molar-refractivity contribution in [1.82, 2.24) is 9.47 Å². The van der Waals surface area contributed by atoms with E-state index in [1.807, 2.05) is 40.7 Å². The lowest BCUT2D eigenvalue weighted by Gasteiger charge is -2.32. The molecule has 1 aromatic heterocycles. The molecule has 2 heterocycles. The topological polar surface area (TPSA) is 77.8 Å². The molecular weight excluding hydrogens is 372 g/mol. The molecule has 0 aromatic carbocycles. The Kier molecular flexibility index (Phi) is 7.49. The highest BCUT2D eigenvalue weighted by Crippen LogP contribution is 2.21. The van der Waals surface area contributed by atoms with Crippen LogP contribution in [0.4, 0.5) is 4.79 Å². The lowest BCUT2D eigenvalue weighted by Crippen LogP contribution is -2.43. The summed E-state index contributed by atoms with van der Waals surface area (Å²) in [4.78, 5) is 38.6. The van der Waals surface area contributed by atoms with Gasteiger partial charge in [0.25, 0.3) is 0 Å². The van der Waals surface area contributed by atoms with Crippen LogP contribution in [-0.2, 0) is 20.8 Å². The second-order valence-electron chi connectivity index (χ2n) is 8.71. The van der Waals surface area contributed by atoms with Crippen molar-refractivity contribution < 1.29 is 23.9 Å². The van der Waals surface area contributed by atoms with Crippen molar-refractivity contribution in [3.05, 3.63) is 23.0 Å². The minimum Gasteiger partial charge on any atom is -0.457 e. The van der Waals surface area contributed by atoms with Gasteiger partial charge in [-0.25, -0.2) is 4.79 Å². The summed E-state index contributed by atoms with van der Waals surface area (Å²) in [7, 11) is 0. The van der Waals surface area contributed by atoms with Gasteiger partial charge in [-0.05, 0) is 59.9 Å². The van der Waals surface area contributed by atoms with Crippen LogP contribution in [0.1, 0.15) is 68.7 Å². The zero-order valence-corrected chi connectivity index (χ0v) is 18.5. The van der Waals surface area contributed by atoms with Gasteiger partial charge in [-0.15, -0.1) is 0 Å². The monoisotopic (exact) mass is 406 g/mol. The molecule has 7 heteroatoms. The van der Waals surface area contributed by atoms with Gasteiger partial charge in [0.05, 0.1) is 5.92 Å². The number of carbonyl (C=O) groups is 3. The van der Waals surface area contributed by atoms with E-state index in [-0.39, 0.29) is 30.4 Å². The number of hydrogen-bond acceptors (Lipinski definition) is 5. The molecule has 0 aliphatic carbocycles. The first-order valence-corrected chi connectivity index (χ1v) is 10.4. The minimum atomic E-state index is -0.542. The van der Waals surface area contributed by atoms with E-state index >= 15 is 0 Å². The summed E-state index contributed by atoms with van der Waals surface area (Å²) in [5.41, 5.74) is 2.02. The van der Waals surface area contributed by atoms with Crippen molar-refractivity contribution in [1.29, 1.82) is 0 Å². The largest absolute Gasteiger partial charge is 0.457 e. The Hall–Kier alpha value is -2.31. The number of likely N-dealkylation sites (tertiary alicyclic amines) is 1. The standard InChI is InChI=1S/C22H34N2O5/c1-7-10-24-15(2)13-18(16(24)3)19(25)14-28-20(26)17-8-11-23(12-9-17)21(27)29-22(4,5)6/h13,17H,7-12,14H2,1-6H3. The van der Waals surface area contributed by atoms with E-state index in [1.165, 1.54) is 0 Å². The third-order valence-corrected chi connectivity index (χ3v) is 5.15. The average molecular weight is 407 g/mol. The van der Waals surface area contributed by atoms with Gasteiger partial charge in [-0.2, -0.15) is 0 Å². The Morgan fingerprint density at radius 3 is 2.31 bits per heavy atom. The fraction of sp³-hybridized carbons (Fsp3) is 0.682. The van der Waals surface area contributed by atoms with Crippen LogP contribution in [0.5, 0.6) is 0 Å². The molecule has 29 heavy (non-hydrogen) atoms. The van der Waals surface area contributed by atoms with Crippen LogP contribution in [0.15, 0.2) is 6.07 Å². The molecule has 1 fully saturated rings. The molecule has 7 nitrogen and oxygen atoms in total. The maximum atomic E-state index is 12.5. The number of nitrogens with zero attached hydrogens (tertiary/aromatic N) is 2. The number of amides is 1. The van der Waals surface area contributed by atoms with Gasteiger partial charge >= 0.3 is 12.1 Å². The smallest absolute Gasteiger partial charge is 0.410 e. The van der Waals surface area contributed by atoms with E-state index in [4.69, 9.17) is 9.47 Å². The van der Waals surface area contributed by atoms with Crippen molar-refractivity contribution >= 4 is 17.8 Å². The number of ketones is 1. The van der Waals surface area contributed by atoms with E-state index in [2.05, 4.69) is 11.5 Å². The Labute approximate surface area is 173 Å². The lowest BCUT2D eigenvalue weighted by molar-refractivity contribution is -0.149. The third-order valence-electron chi connectivity index (χ3n) is 5.15. The molecule has 2 rings (SSSR count). The Bertz CT molecular complexity index is 752. The summed E-state index contributed by atoms with van der Waals surface area (Å²) >= 11 is 0. The number of aromatic nitrogens is 1. The number of piperidine rings is 1. The van der Waals surface area contributed by atoms with Gasteiger partial charge in [0.2, 0.25) is 5.78 Å². The summed E-state index contributed by atoms with van der Waals surface area (Å²) in [6.07, 6.45) is 1.65. The molecule has 1 aliphatic heterocycles. The Balaban J connectivity index is 1.84. The normalized spacial score (nSPS) is 15.3. The molecule has 0 unspecified atom stereocenters. The van der Waals surface area contributed by atoms with Gasteiger partial charge in [0, 0.05) is 36.6 Å². The van der Waals surface area contributed by atoms with Crippen LogP contribution in [-0.4, -0.2) is 52.6 Å². The number of carbonyl (C=O) groups excluding carboxylic acids is 3. The number of Topliss-reactive ketones (excluding diaryl/α,β-unsaturated/α-hetero) is 1. The first-order chi connectivity index (χ1) is 13.5. The Morgan fingerprint density at radius 1 is 1.14 bits per heavy atom. The van der Waals surface area contributed by atoms with E-state index in [9.17, 15) is 14.4 Å². The summed E-state index contributed by atoms with van der Waals surface area (Å²) in [6.45, 7) is 13.0. The molecule has 0 N–H and O–H groups in total. The molecule has 0 atom stereocenters. The fourth-order valence-electron chi connectivity index (χ4n) is 3.61. The molecule has 0 bridgehead atoms. The van der Waals surface area contributed by atoms with E-state index in [0.29, 0.717) is 31.5 Å². The highest BCUT2D eigenvalue weighted by atomic mass is 16.6. The first-order valence-electron chi connectivity index (χ1n) is 10.4. The van der Waals surface area contributed by atoms with Crippen molar-refractivity contribution in [3.63, 3.8) is 0 Å². The summed E-state index contributed by atoms with van der Waals surface area (Å²) in [5, 5.41) is 0. The third kappa shape index (κ3) is 6.08. The molecule has 0 spiro atoms. The predicted octanol–water partition coefficient (Wildman–Crippen LogP) is 3.89. The summed E-state index contributed by atoms with van der Waals surface area (Å²) in [5.74, 6) is -0.849. The molecule has 1 amide bonds. The number of aryl methyl sites for hydroxylation is 1. The number of rotatable bonds is 6. The van der Waals surface area contributed by atoms with Gasteiger partial charge in [0.1, 0.15) is 5.60 Å². The van der Waals surface area contributed by atoms with E-state index < -0.39 is 5.60 Å². The van der Waals surface area contributed by atoms with Gasteiger partial charge in [0.15, 0.2) is 6.61 Å². The maximum Gasteiger partial charge on any atom is 0.410 e. The van der Waals surface area contributed by atoms with Crippen molar-refractivity contribution in [3.8, 4) is 0 Å².